The van der Waals surface area contributed by atoms with Crippen LogP contribution in [0.1, 0.15) is 13.8 Å². The number of nitrogens with one attached hydrogen (secondary N) is 2. The van der Waals surface area contributed by atoms with Gasteiger partial charge < -0.3 is 10.6 Å². The van der Waals surface area contributed by atoms with E-state index in [1.165, 1.54) is 0 Å². The molecule has 2 N–H and O–H groups in total. The maximum atomic E-state index is 11.6. The molecule has 1 rings (SSSR count). The van der Waals surface area contributed by atoms with Crippen molar-refractivity contribution >= 4 is 5.91 Å². The predicted molar refractivity (Wildman–Crippen MR) is 62.9 cm³/mol. The van der Waals surface area contributed by atoms with Crippen molar-refractivity contribution in [1.29, 1.82) is 0 Å². The number of nitrogens with zero attached hydrogens (tertiary/aromatic N) is 2. The Hall–Kier alpha value is -1.36. The Bertz CT molecular complexity index is 297. The Morgan fingerprint density at radius 1 is 1.56 bits per heavy atom. The second-order valence-electron chi connectivity index (χ2n) is 3.77. The van der Waals surface area contributed by atoms with Gasteiger partial charge in [0, 0.05) is 31.4 Å². The fourth-order valence-corrected chi connectivity index (χ4v) is 1.35. The van der Waals surface area contributed by atoms with Crippen molar-refractivity contribution < 1.29 is 4.79 Å². The summed E-state index contributed by atoms with van der Waals surface area (Å²) in [5, 5.41) is 10.1. The molecule has 90 valence electrons. The van der Waals surface area contributed by atoms with Gasteiger partial charge in [-0.1, -0.05) is 13.8 Å². The maximum Gasteiger partial charge on any atom is 0.224 e. The smallest absolute Gasteiger partial charge is 0.224 e. The molecular formula is C11H20N4O. The fraction of sp³-hybridized carbons (Fsp3) is 0.636. The van der Waals surface area contributed by atoms with E-state index in [9.17, 15) is 4.79 Å². The minimum Gasteiger partial charge on any atom is -0.354 e. The maximum absolute atomic E-state index is 11.6. The van der Waals surface area contributed by atoms with Crippen LogP contribution in [0.3, 0.4) is 0 Å². The van der Waals surface area contributed by atoms with E-state index in [1.54, 1.807) is 10.9 Å². The van der Waals surface area contributed by atoms with Crippen molar-refractivity contribution in [3.63, 3.8) is 0 Å². The lowest BCUT2D eigenvalue weighted by Gasteiger charge is -2.12. The molecule has 1 aromatic rings. The Morgan fingerprint density at radius 2 is 2.38 bits per heavy atom. The molecule has 0 fully saturated rings. The summed E-state index contributed by atoms with van der Waals surface area (Å²) < 4.78 is 1.80. The number of amides is 1. The summed E-state index contributed by atoms with van der Waals surface area (Å²) in [6, 6.07) is 1.87. The Kier molecular flexibility index (Phi) is 5.56. The normalized spacial score (nSPS) is 12.4. The quantitative estimate of drug-likeness (QED) is 0.698. The first-order valence-corrected chi connectivity index (χ1v) is 5.70. The Labute approximate surface area is 96.2 Å². The molecule has 0 radical (unpaired) electrons. The first-order chi connectivity index (χ1) is 7.74. The summed E-state index contributed by atoms with van der Waals surface area (Å²) in [6.07, 6.45) is 3.61. The third-order valence-electron chi connectivity index (χ3n) is 2.35. The average Bonchev–Trinajstić information content (AvgIpc) is 2.78. The molecule has 1 aromatic heterocycles. The number of carbonyl (C=O) groups is 1. The zero-order valence-electron chi connectivity index (χ0n) is 9.94. The summed E-state index contributed by atoms with van der Waals surface area (Å²) in [5.74, 6) is 0.102. The SMILES string of the molecule is CCNCC(C)C(=O)NCCn1cccn1. The van der Waals surface area contributed by atoms with Gasteiger partial charge in [-0.05, 0) is 12.6 Å². The van der Waals surface area contributed by atoms with Gasteiger partial charge >= 0.3 is 0 Å². The predicted octanol–water partition coefficient (Wildman–Crippen LogP) is 0.245. The number of carbonyl (C=O) groups excluding carboxylic acids is 1. The van der Waals surface area contributed by atoms with Crippen LogP contribution in [0.25, 0.3) is 0 Å². The molecule has 1 unspecified atom stereocenters. The van der Waals surface area contributed by atoms with Crippen molar-refractivity contribution in [2.45, 2.75) is 20.4 Å². The van der Waals surface area contributed by atoms with Crippen LogP contribution in [-0.4, -0.2) is 35.3 Å². The minimum atomic E-state index is 0.0116. The minimum absolute atomic E-state index is 0.0116. The Morgan fingerprint density at radius 3 is 3.00 bits per heavy atom. The van der Waals surface area contributed by atoms with Crippen LogP contribution >= 0.6 is 0 Å². The van der Waals surface area contributed by atoms with Gasteiger partial charge in [0.15, 0.2) is 0 Å². The highest BCUT2D eigenvalue weighted by Crippen LogP contribution is 1.92. The first-order valence-electron chi connectivity index (χ1n) is 5.70. The highest BCUT2D eigenvalue weighted by molar-refractivity contribution is 5.78. The molecule has 0 bridgehead atoms. The third kappa shape index (κ3) is 4.44. The summed E-state index contributed by atoms with van der Waals surface area (Å²) in [5.41, 5.74) is 0. The monoisotopic (exact) mass is 224 g/mol. The van der Waals surface area contributed by atoms with E-state index in [0.717, 1.165) is 13.1 Å². The molecule has 0 saturated heterocycles. The summed E-state index contributed by atoms with van der Waals surface area (Å²) in [4.78, 5) is 11.6. The largest absolute Gasteiger partial charge is 0.354 e. The fourth-order valence-electron chi connectivity index (χ4n) is 1.35. The van der Waals surface area contributed by atoms with E-state index < -0.39 is 0 Å². The summed E-state index contributed by atoms with van der Waals surface area (Å²) >= 11 is 0. The standard InChI is InChI=1S/C11H20N4O/c1-3-12-9-10(2)11(16)13-6-8-15-7-4-5-14-15/h4-5,7,10,12H,3,6,8-9H2,1-2H3,(H,13,16). The van der Waals surface area contributed by atoms with Gasteiger partial charge in [0.25, 0.3) is 0 Å². The topological polar surface area (TPSA) is 59.0 Å². The van der Waals surface area contributed by atoms with Crippen LogP contribution in [0.15, 0.2) is 18.5 Å². The van der Waals surface area contributed by atoms with Crippen molar-refractivity contribution in [2.24, 2.45) is 5.92 Å². The molecule has 1 atom stereocenters. The highest BCUT2D eigenvalue weighted by Gasteiger charge is 2.10. The van der Waals surface area contributed by atoms with E-state index in [1.807, 2.05) is 26.1 Å². The van der Waals surface area contributed by atoms with E-state index in [4.69, 9.17) is 0 Å². The molecular weight excluding hydrogens is 204 g/mol. The van der Waals surface area contributed by atoms with Gasteiger partial charge in [-0.15, -0.1) is 0 Å². The lowest BCUT2D eigenvalue weighted by Crippen LogP contribution is -2.36. The lowest BCUT2D eigenvalue weighted by atomic mass is 10.1. The van der Waals surface area contributed by atoms with E-state index >= 15 is 0 Å². The van der Waals surface area contributed by atoms with E-state index in [-0.39, 0.29) is 11.8 Å². The van der Waals surface area contributed by atoms with Gasteiger partial charge in [-0.3, -0.25) is 9.48 Å². The molecule has 5 heteroatoms. The molecule has 1 amide bonds. The van der Waals surface area contributed by atoms with Gasteiger partial charge in [0.2, 0.25) is 5.91 Å². The second kappa shape index (κ2) is 7.00. The first kappa shape index (κ1) is 12.7. The Balaban J connectivity index is 2.14. The van der Waals surface area contributed by atoms with Crippen LogP contribution in [-0.2, 0) is 11.3 Å². The zero-order chi connectivity index (χ0) is 11.8. The lowest BCUT2D eigenvalue weighted by molar-refractivity contribution is -0.124. The van der Waals surface area contributed by atoms with Crippen molar-refractivity contribution in [2.75, 3.05) is 19.6 Å². The van der Waals surface area contributed by atoms with Crippen LogP contribution in [0.4, 0.5) is 0 Å². The summed E-state index contributed by atoms with van der Waals surface area (Å²) in [7, 11) is 0. The number of rotatable bonds is 7. The van der Waals surface area contributed by atoms with E-state index in [2.05, 4.69) is 15.7 Å². The van der Waals surface area contributed by atoms with Gasteiger partial charge in [-0.25, -0.2) is 0 Å². The van der Waals surface area contributed by atoms with Gasteiger partial charge in [0.05, 0.1) is 6.54 Å². The summed E-state index contributed by atoms with van der Waals surface area (Å²) in [6.45, 7) is 6.91. The molecule has 0 aliphatic carbocycles. The number of hydrogen-bond acceptors (Lipinski definition) is 3. The molecule has 0 aromatic carbocycles. The van der Waals surface area contributed by atoms with Crippen molar-refractivity contribution in [3.05, 3.63) is 18.5 Å². The van der Waals surface area contributed by atoms with Crippen LogP contribution in [0.5, 0.6) is 0 Å². The molecule has 1 heterocycles. The van der Waals surface area contributed by atoms with E-state index in [0.29, 0.717) is 13.1 Å². The van der Waals surface area contributed by atoms with Crippen LogP contribution in [0, 0.1) is 5.92 Å². The number of hydrogen-bond donors (Lipinski definition) is 2. The zero-order valence-corrected chi connectivity index (χ0v) is 9.94. The van der Waals surface area contributed by atoms with Crippen LogP contribution < -0.4 is 10.6 Å². The van der Waals surface area contributed by atoms with Crippen molar-refractivity contribution in [3.8, 4) is 0 Å². The molecule has 0 spiro atoms. The highest BCUT2D eigenvalue weighted by atomic mass is 16.1. The third-order valence-corrected chi connectivity index (χ3v) is 2.35. The second-order valence-corrected chi connectivity index (χ2v) is 3.77. The molecule has 5 nitrogen and oxygen atoms in total. The van der Waals surface area contributed by atoms with Gasteiger partial charge in [-0.2, -0.15) is 5.10 Å². The van der Waals surface area contributed by atoms with Crippen molar-refractivity contribution in [1.82, 2.24) is 20.4 Å². The molecule has 0 aliphatic rings. The average molecular weight is 224 g/mol. The molecule has 16 heavy (non-hydrogen) atoms. The van der Waals surface area contributed by atoms with Crippen LogP contribution in [0.2, 0.25) is 0 Å². The number of aromatic nitrogens is 2. The van der Waals surface area contributed by atoms with Gasteiger partial charge in [0.1, 0.15) is 0 Å². The molecule has 0 aliphatic heterocycles. The molecule has 0 saturated carbocycles.